The first-order chi connectivity index (χ1) is 23.5. The molecule has 1 aromatic carbocycles. The molecule has 3 aromatic rings. The number of anilines is 1. The maximum Gasteiger partial charge on any atom is 0.459 e. The van der Waals surface area contributed by atoms with E-state index in [4.69, 9.17) is 33.7 Å². The topological polar surface area (TPSA) is 205 Å². The minimum Gasteiger partial charge on any atom is -0.461 e. The van der Waals surface area contributed by atoms with Crippen LogP contribution in [0.15, 0.2) is 43.0 Å². The number of nitrogens with zero attached hydrogens (tertiary/aromatic N) is 4. The zero-order valence-corrected chi connectivity index (χ0v) is 28.8. The molecule has 2 aliphatic rings. The molecule has 16 nitrogen and oxygen atoms in total. The molecule has 0 spiro atoms. The van der Waals surface area contributed by atoms with Gasteiger partial charge < -0.3 is 29.2 Å². The van der Waals surface area contributed by atoms with E-state index >= 15 is 0 Å². The second-order valence-corrected chi connectivity index (χ2v) is 13.6. The molecular formula is C32H43N6O10P. The van der Waals surface area contributed by atoms with Gasteiger partial charge in [0, 0.05) is 12.8 Å². The molecule has 266 valence electrons. The molecular weight excluding hydrogens is 659 g/mol. The molecule has 1 aliphatic carbocycles. The van der Waals surface area contributed by atoms with E-state index in [0.717, 1.165) is 32.1 Å². The highest BCUT2D eigenvalue weighted by atomic mass is 31.2. The highest BCUT2D eigenvalue weighted by Gasteiger charge is 2.54. The van der Waals surface area contributed by atoms with Crippen LogP contribution in [0.4, 0.5) is 5.82 Å². The molecule has 2 aromatic heterocycles. The summed E-state index contributed by atoms with van der Waals surface area (Å²) in [4.78, 5) is 51.1. The van der Waals surface area contributed by atoms with Crippen molar-refractivity contribution in [1.29, 1.82) is 0 Å². The van der Waals surface area contributed by atoms with Crippen molar-refractivity contribution in [3.05, 3.63) is 43.0 Å². The molecule has 1 saturated heterocycles. The first-order valence-electron chi connectivity index (χ1n) is 16.5. The number of para-hydroxylation sites is 1. The van der Waals surface area contributed by atoms with Gasteiger partial charge in [-0.25, -0.2) is 19.5 Å². The van der Waals surface area contributed by atoms with Crippen molar-refractivity contribution in [3.63, 3.8) is 0 Å². The van der Waals surface area contributed by atoms with Crippen LogP contribution in [0.3, 0.4) is 0 Å². The second kappa shape index (κ2) is 16.1. The van der Waals surface area contributed by atoms with Gasteiger partial charge in [-0.1, -0.05) is 38.5 Å². The average molecular weight is 703 g/mol. The number of fused-ring (bicyclic) bond motifs is 1. The van der Waals surface area contributed by atoms with Crippen molar-refractivity contribution in [2.75, 3.05) is 5.73 Å². The lowest BCUT2D eigenvalue weighted by Gasteiger charge is -2.30. The summed E-state index contributed by atoms with van der Waals surface area (Å²) in [6.45, 7) is 6.28. The van der Waals surface area contributed by atoms with E-state index < -0.39 is 62.3 Å². The molecule has 17 heteroatoms. The van der Waals surface area contributed by atoms with Gasteiger partial charge >= 0.3 is 25.7 Å². The molecule has 1 aliphatic heterocycles. The Kier molecular flexibility index (Phi) is 11.9. The van der Waals surface area contributed by atoms with Crippen molar-refractivity contribution in [2.45, 2.75) is 115 Å². The van der Waals surface area contributed by atoms with E-state index in [1.807, 2.05) is 0 Å². The number of hydrogen-bond acceptors (Lipinski definition) is 14. The van der Waals surface area contributed by atoms with Gasteiger partial charge in [0.15, 0.2) is 29.9 Å². The number of benzene rings is 1. The van der Waals surface area contributed by atoms with E-state index in [2.05, 4.69) is 20.0 Å². The third-order valence-electron chi connectivity index (χ3n) is 8.28. The summed E-state index contributed by atoms with van der Waals surface area (Å²) in [6, 6.07) is 7.21. The van der Waals surface area contributed by atoms with E-state index in [1.54, 1.807) is 51.1 Å². The van der Waals surface area contributed by atoms with Crippen LogP contribution < -0.4 is 15.3 Å². The fourth-order valence-electron chi connectivity index (χ4n) is 5.77. The number of nitrogen functional groups attached to an aromatic ring is 1. The van der Waals surface area contributed by atoms with E-state index in [0.29, 0.717) is 0 Å². The SMILES string of the molecule is CCC(=O)OC1C(C(C)OP(=O)(NC(C)C(=O)OC2CCCCC2)Oc2ccccc2)OC(n2cnc3c(N)ncnc32)C1OC(=O)CC. The van der Waals surface area contributed by atoms with Gasteiger partial charge in [0.05, 0.1) is 12.4 Å². The van der Waals surface area contributed by atoms with Crippen molar-refractivity contribution < 1.29 is 46.9 Å². The summed E-state index contributed by atoms with van der Waals surface area (Å²) in [7, 11) is -4.39. The third kappa shape index (κ3) is 8.74. The van der Waals surface area contributed by atoms with Crippen LogP contribution in [0, 0.1) is 0 Å². The first-order valence-corrected chi connectivity index (χ1v) is 18.0. The van der Waals surface area contributed by atoms with Gasteiger partial charge in [-0.2, -0.15) is 5.09 Å². The maximum atomic E-state index is 14.5. The summed E-state index contributed by atoms with van der Waals surface area (Å²) in [5, 5.41) is 2.72. The van der Waals surface area contributed by atoms with E-state index in [9.17, 15) is 18.9 Å². The number of carbonyl (C=O) groups is 3. The average Bonchev–Trinajstić information content (AvgIpc) is 3.67. The van der Waals surface area contributed by atoms with Crippen molar-refractivity contribution in [2.24, 2.45) is 0 Å². The monoisotopic (exact) mass is 702 g/mol. The Hall–Kier alpha value is -4.11. The molecule has 2 fully saturated rings. The number of rotatable bonds is 14. The van der Waals surface area contributed by atoms with Gasteiger partial charge in [-0.15, -0.1) is 0 Å². The predicted molar refractivity (Wildman–Crippen MR) is 175 cm³/mol. The number of nitrogens with two attached hydrogens (primary N) is 1. The minimum atomic E-state index is -4.39. The highest BCUT2D eigenvalue weighted by molar-refractivity contribution is 7.52. The van der Waals surface area contributed by atoms with Crippen LogP contribution in [-0.4, -0.2) is 74.0 Å². The Morgan fingerprint density at radius 1 is 0.980 bits per heavy atom. The smallest absolute Gasteiger partial charge is 0.459 e. The Morgan fingerprint density at radius 3 is 2.33 bits per heavy atom. The van der Waals surface area contributed by atoms with Gasteiger partial charge in [0.25, 0.3) is 0 Å². The Balaban J connectivity index is 1.46. The summed E-state index contributed by atoms with van der Waals surface area (Å²) in [6.07, 6.45) is 1.08. The first kappa shape index (κ1) is 36.2. The van der Waals surface area contributed by atoms with Crippen molar-refractivity contribution in [1.82, 2.24) is 24.6 Å². The number of hydrogen-bond donors (Lipinski definition) is 2. The molecule has 3 N–H and O–H groups in total. The Bertz CT molecular complexity index is 1650. The molecule has 7 unspecified atom stereocenters. The van der Waals surface area contributed by atoms with Gasteiger partial charge in [0.1, 0.15) is 35.8 Å². The van der Waals surface area contributed by atoms with Crippen LogP contribution in [0.5, 0.6) is 5.75 Å². The third-order valence-corrected chi connectivity index (χ3v) is 10.0. The summed E-state index contributed by atoms with van der Waals surface area (Å²) in [5.41, 5.74) is 6.56. The maximum absolute atomic E-state index is 14.5. The molecule has 0 bridgehead atoms. The van der Waals surface area contributed by atoms with Gasteiger partial charge in [0.2, 0.25) is 0 Å². The molecule has 49 heavy (non-hydrogen) atoms. The van der Waals surface area contributed by atoms with Crippen LogP contribution in [0.2, 0.25) is 0 Å². The zero-order chi connectivity index (χ0) is 35.1. The molecule has 0 radical (unpaired) electrons. The summed E-state index contributed by atoms with van der Waals surface area (Å²) in [5.74, 6) is -1.48. The number of nitrogens with one attached hydrogen (secondary N) is 1. The lowest BCUT2D eigenvalue weighted by atomic mass is 9.98. The van der Waals surface area contributed by atoms with E-state index in [-0.39, 0.29) is 41.7 Å². The molecule has 3 heterocycles. The Labute approximate surface area is 283 Å². The van der Waals surface area contributed by atoms with Gasteiger partial charge in [-0.3, -0.25) is 23.5 Å². The molecule has 5 rings (SSSR count). The number of esters is 3. The van der Waals surface area contributed by atoms with Crippen molar-refractivity contribution >= 4 is 42.6 Å². The molecule has 1 saturated carbocycles. The zero-order valence-electron chi connectivity index (χ0n) is 27.9. The standard InChI is InChI=1S/C32H43N6O10P/c1-5-23(39)44-27-26(46-31(28(27)45-24(40)6-2)38-18-36-25-29(33)34-17-35-30(25)38)20(4)47-49(42,48-22-15-11-8-12-16-22)37-19(3)32(41)43-21-13-9-7-10-14-21/h8,11-12,15-21,26-28,31H,5-7,9-10,13-14H2,1-4H3,(H,37,42)(H2,33,34,35). The van der Waals surface area contributed by atoms with Crippen LogP contribution in [0.1, 0.15) is 78.9 Å². The fraction of sp³-hybridized carbons (Fsp3) is 0.562. The summed E-state index contributed by atoms with van der Waals surface area (Å²) >= 11 is 0. The fourth-order valence-corrected chi connectivity index (χ4v) is 7.46. The quantitative estimate of drug-likeness (QED) is 0.136. The van der Waals surface area contributed by atoms with Crippen LogP contribution >= 0.6 is 7.75 Å². The number of carbonyl (C=O) groups excluding carboxylic acids is 3. The largest absolute Gasteiger partial charge is 0.461 e. The number of aromatic nitrogens is 4. The lowest BCUT2D eigenvalue weighted by Crippen LogP contribution is -2.44. The van der Waals surface area contributed by atoms with Gasteiger partial charge in [-0.05, 0) is 51.7 Å². The Morgan fingerprint density at radius 2 is 1.65 bits per heavy atom. The van der Waals surface area contributed by atoms with Crippen molar-refractivity contribution in [3.8, 4) is 5.75 Å². The van der Waals surface area contributed by atoms with E-state index in [1.165, 1.54) is 24.1 Å². The second-order valence-electron chi connectivity index (χ2n) is 12.0. The highest BCUT2D eigenvalue weighted by Crippen LogP contribution is 2.49. The molecule has 0 amide bonds. The lowest BCUT2D eigenvalue weighted by molar-refractivity contribution is -0.168. The van der Waals surface area contributed by atoms with Crippen LogP contribution in [-0.2, 0) is 42.4 Å². The number of ether oxygens (including phenoxy) is 4. The summed E-state index contributed by atoms with van der Waals surface area (Å²) < 4.78 is 51.7. The minimum absolute atomic E-state index is 0.00706. The molecule has 7 atom stereocenters. The number of imidazole rings is 1. The predicted octanol–water partition coefficient (Wildman–Crippen LogP) is 4.40. The van der Waals surface area contributed by atoms with Crippen LogP contribution in [0.25, 0.3) is 11.2 Å². The normalized spacial score (nSPS) is 23.7.